The van der Waals surface area contributed by atoms with Gasteiger partial charge in [-0.3, -0.25) is 14.3 Å². The number of hydrogen-bond donors (Lipinski definition) is 3. The van der Waals surface area contributed by atoms with Crippen molar-refractivity contribution in [1.29, 1.82) is 0 Å². The zero-order valence-electron chi connectivity index (χ0n) is 18.2. The SMILES string of the molecule is Cc1nn(CCC(=O)N2C[C@@H](O)[C@@]3(C2)[C@H](CO)[C@H]3c2ccccc2)c(C)c1C.O=CO. The van der Waals surface area contributed by atoms with Crippen molar-refractivity contribution < 1.29 is 24.9 Å². The molecule has 31 heavy (non-hydrogen) atoms. The summed E-state index contributed by atoms with van der Waals surface area (Å²) in [4.78, 5) is 23.0. The fourth-order valence-corrected chi connectivity index (χ4v) is 5.12. The van der Waals surface area contributed by atoms with Crippen LogP contribution in [0, 0.1) is 32.1 Å². The van der Waals surface area contributed by atoms with Crippen LogP contribution < -0.4 is 0 Å². The molecule has 1 aliphatic heterocycles. The maximum atomic E-state index is 12.8. The zero-order chi connectivity index (χ0) is 22.8. The van der Waals surface area contributed by atoms with E-state index in [1.165, 1.54) is 0 Å². The highest BCUT2D eigenvalue weighted by Gasteiger charge is 2.71. The number of carbonyl (C=O) groups excluding carboxylic acids is 1. The van der Waals surface area contributed by atoms with Gasteiger partial charge in [-0.1, -0.05) is 30.3 Å². The molecule has 1 aromatic heterocycles. The standard InChI is InChI=1S/C22H29N3O3.CH2O2/c1-14-15(2)23-25(16(14)3)10-9-20(28)24-11-19(27)22(13-24)18(12-26)21(22)17-7-5-4-6-8-17;2-1-3/h4-8,18-19,21,26-27H,9-13H2,1-3H3;1H,(H,2,3)/t18-,19-,21-,22-;/m1./s1. The van der Waals surface area contributed by atoms with Crippen molar-refractivity contribution in [1.82, 2.24) is 14.7 Å². The molecule has 1 spiro atoms. The summed E-state index contributed by atoms with van der Waals surface area (Å²) >= 11 is 0. The molecule has 8 nitrogen and oxygen atoms in total. The molecule has 4 rings (SSSR count). The molecule has 2 fully saturated rings. The van der Waals surface area contributed by atoms with E-state index in [1.807, 2.05) is 55.8 Å². The summed E-state index contributed by atoms with van der Waals surface area (Å²) in [6.45, 7) is 7.22. The molecule has 2 heterocycles. The van der Waals surface area contributed by atoms with Gasteiger partial charge in [0.25, 0.3) is 6.47 Å². The Morgan fingerprint density at radius 1 is 1.26 bits per heavy atom. The van der Waals surface area contributed by atoms with Gasteiger partial charge < -0.3 is 20.2 Å². The minimum atomic E-state index is -0.602. The lowest BCUT2D eigenvalue weighted by atomic mass is 9.95. The molecular weight excluding hydrogens is 398 g/mol. The first-order valence-electron chi connectivity index (χ1n) is 10.5. The number of aliphatic hydroxyl groups is 2. The minimum absolute atomic E-state index is 0.00126. The lowest BCUT2D eigenvalue weighted by molar-refractivity contribution is -0.131. The number of amides is 1. The predicted molar refractivity (Wildman–Crippen MR) is 115 cm³/mol. The van der Waals surface area contributed by atoms with Gasteiger partial charge in [0.1, 0.15) is 0 Å². The smallest absolute Gasteiger partial charge is 0.290 e. The van der Waals surface area contributed by atoms with E-state index in [9.17, 15) is 15.0 Å². The highest BCUT2D eigenvalue weighted by molar-refractivity contribution is 5.77. The van der Waals surface area contributed by atoms with E-state index < -0.39 is 11.5 Å². The van der Waals surface area contributed by atoms with Gasteiger partial charge >= 0.3 is 0 Å². The number of likely N-dealkylation sites (tertiary alicyclic amines) is 1. The second kappa shape index (κ2) is 9.20. The van der Waals surface area contributed by atoms with Gasteiger partial charge in [0.05, 0.1) is 11.8 Å². The second-order valence-corrected chi connectivity index (χ2v) is 8.45. The molecule has 1 saturated heterocycles. The lowest BCUT2D eigenvalue weighted by Gasteiger charge is -2.17. The summed E-state index contributed by atoms with van der Waals surface area (Å²) in [5, 5.41) is 32.1. The molecule has 4 atom stereocenters. The van der Waals surface area contributed by atoms with Crippen molar-refractivity contribution >= 4 is 12.4 Å². The van der Waals surface area contributed by atoms with E-state index in [0.29, 0.717) is 26.1 Å². The molecule has 1 aromatic carbocycles. The summed E-state index contributed by atoms with van der Waals surface area (Å²) in [6, 6.07) is 10.0. The van der Waals surface area contributed by atoms with E-state index in [4.69, 9.17) is 9.90 Å². The van der Waals surface area contributed by atoms with Crippen LogP contribution in [0.2, 0.25) is 0 Å². The van der Waals surface area contributed by atoms with Gasteiger partial charge in [-0.2, -0.15) is 5.10 Å². The van der Waals surface area contributed by atoms with Crippen molar-refractivity contribution in [3.8, 4) is 0 Å². The molecular formula is C23H31N3O5. The second-order valence-electron chi connectivity index (χ2n) is 8.45. The Morgan fingerprint density at radius 3 is 2.45 bits per heavy atom. The summed E-state index contributed by atoms with van der Waals surface area (Å²) < 4.78 is 1.89. The average Bonchev–Trinajstić information content (AvgIpc) is 3.20. The Labute approximate surface area is 182 Å². The van der Waals surface area contributed by atoms with Gasteiger partial charge in [0.15, 0.2) is 0 Å². The zero-order valence-corrected chi connectivity index (χ0v) is 18.2. The number of β-amino-alcohol motifs (C(OH)–C–C–N with tert-alkyl or cyclic N) is 1. The van der Waals surface area contributed by atoms with Crippen molar-refractivity contribution in [3.63, 3.8) is 0 Å². The molecule has 1 saturated carbocycles. The maximum Gasteiger partial charge on any atom is 0.290 e. The fourth-order valence-electron chi connectivity index (χ4n) is 5.12. The summed E-state index contributed by atoms with van der Waals surface area (Å²) in [6.07, 6.45) is -0.237. The molecule has 168 valence electrons. The third-order valence-electron chi connectivity index (χ3n) is 7.03. The molecule has 2 aliphatic rings. The topological polar surface area (TPSA) is 116 Å². The normalized spacial score (nSPS) is 26.5. The van der Waals surface area contributed by atoms with Crippen LogP contribution in [0.25, 0.3) is 0 Å². The van der Waals surface area contributed by atoms with Crippen molar-refractivity contribution in [2.24, 2.45) is 11.3 Å². The van der Waals surface area contributed by atoms with Crippen molar-refractivity contribution in [2.75, 3.05) is 19.7 Å². The Kier molecular flexibility index (Phi) is 6.81. The van der Waals surface area contributed by atoms with Gasteiger partial charge in [-0.15, -0.1) is 0 Å². The monoisotopic (exact) mass is 429 g/mol. The summed E-state index contributed by atoms with van der Waals surface area (Å²) in [5.74, 6) is 0.142. The Bertz CT molecular complexity index is 929. The third-order valence-corrected chi connectivity index (χ3v) is 7.03. The molecule has 0 unspecified atom stereocenters. The molecule has 1 aliphatic carbocycles. The largest absolute Gasteiger partial charge is 0.483 e. The van der Waals surface area contributed by atoms with Crippen LogP contribution in [-0.4, -0.2) is 68.2 Å². The number of carboxylic acid groups (broad SMARTS) is 1. The van der Waals surface area contributed by atoms with E-state index in [-0.39, 0.29) is 30.8 Å². The molecule has 0 radical (unpaired) electrons. The van der Waals surface area contributed by atoms with Gasteiger partial charge in [0, 0.05) is 43.8 Å². The lowest BCUT2D eigenvalue weighted by Crippen LogP contribution is -2.30. The summed E-state index contributed by atoms with van der Waals surface area (Å²) in [5.41, 5.74) is 3.97. The van der Waals surface area contributed by atoms with Crippen molar-refractivity contribution in [2.45, 2.75) is 45.8 Å². The first-order chi connectivity index (χ1) is 14.8. The van der Waals surface area contributed by atoms with Crippen LogP contribution in [-0.2, 0) is 16.1 Å². The highest BCUT2D eigenvalue weighted by Crippen LogP contribution is 2.68. The fraction of sp³-hybridized carbons (Fsp3) is 0.522. The third kappa shape index (κ3) is 4.09. The van der Waals surface area contributed by atoms with E-state index in [1.54, 1.807) is 4.90 Å². The minimum Gasteiger partial charge on any atom is -0.483 e. The van der Waals surface area contributed by atoms with E-state index in [0.717, 1.165) is 22.5 Å². The molecule has 3 N–H and O–H groups in total. The first-order valence-corrected chi connectivity index (χ1v) is 10.5. The van der Waals surface area contributed by atoms with Gasteiger partial charge in [-0.05, 0) is 43.7 Å². The number of nitrogens with zero attached hydrogens (tertiary/aromatic N) is 3. The molecule has 1 amide bonds. The number of rotatable bonds is 5. The quantitative estimate of drug-likeness (QED) is 0.621. The average molecular weight is 430 g/mol. The summed E-state index contributed by atoms with van der Waals surface area (Å²) in [7, 11) is 0. The highest BCUT2D eigenvalue weighted by atomic mass is 16.3. The molecule has 2 aromatic rings. The van der Waals surface area contributed by atoms with Crippen molar-refractivity contribution in [3.05, 3.63) is 52.8 Å². The predicted octanol–water partition coefficient (Wildman–Crippen LogP) is 1.49. The Morgan fingerprint density at radius 2 is 1.90 bits per heavy atom. The maximum absolute atomic E-state index is 12.8. The Balaban J connectivity index is 0.000000858. The number of aliphatic hydroxyl groups excluding tert-OH is 2. The van der Waals surface area contributed by atoms with Crippen LogP contribution in [0.15, 0.2) is 30.3 Å². The number of aromatic nitrogens is 2. The van der Waals surface area contributed by atoms with Crippen LogP contribution in [0.5, 0.6) is 0 Å². The number of hydrogen-bond acceptors (Lipinski definition) is 5. The van der Waals surface area contributed by atoms with Crippen LogP contribution in [0.1, 0.15) is 34.9 Å². The number of carbonyl (C=O) groups is 2. The van der Waals surface area contributed by atoms with Gasteiger partial charge in [-0.25, -0.2) is 0 Å². The first kappa shape index (κ1) is 23.0. The van der Waals surface area contributed by atoms with Gasteiger partial charge in [0.2, 0.25) is 5.91 Å². The van der Waals surface area contributed by atoms with Crippen LogP contribution >= 0.6 is 0 Å². The van der Waals surface area contributed by atoms with Crippen LogP contribution in [0.3, 0.4) is 0 Å². The number of benzene rings is 1. The Hall–Kier alpha value is -2.71. The molecule has 0 bridgehead atoms. The molecule has 8 heteroatoms. The number of aryl methyl sites for hydroxylation is 2. The van der Waals surface area contributed by atoms with E-state index in [2.05, 4.69) is 5.10 Å². The van der Waals surface area contributed by atoms with E-state index >= 15 is 0 Å². The van der Waals surface area contributed by atoms with Crippen LogP contribution in [0.4, 0.5) is 0 Å².